The number of para-hydroxylation sites is 1. The number of fused-ring (bicyclic) bond motifs is 1. The fourth-order valence-electron chi connectivity index (χ4n) is 5.45. The van der Waals surface area contributed by atoms with E-state index in [1.54, 1.807) is 0 Å². The van der Waals surface area contributed by atoms with Crippen LogP contribution in [0.25, 0.3) is 27.3 Å². The average molecular weight is 747 g/mol. The Hall–Kier alpha value is -4.94. The summed E-state index contributed by atoms with van der Waals surface area (Å²) in [7, 11) is 0. The molecule has 5 aromatic carbocycles. The van der Waals surface area contributed by atoms with Gasteiger partial charge in [-0.15, -0.1) is 21.5 Å². The molecule has 7 rings (SSSR count). The molecule has 2 N–H and O–H groups in total. The maximum atomic E-state index is 13.4. The van der Waals surface area contributed by atoms with Crippen LogP contribution in [-0.4, -0.2) is 42.6 Å². The lowest BCUT2D eigenvalue weighted by atomic mass is 9.99. The Balaban J connectivity index is 1.01. The van der Waals surface area contributed by atoms with Gasteiger partial charge in [0.25, 0.3) is 0 Å². The lowest BCUT2D eigenvalue weighted by molar-refractivity contribution is -0.119. The molecule has 2 aromatic heterocycles. The first-order valence-electron chi connectivity index (χ1n) is 16.1. The van der Waals surface area contributed by atoms with E-state index in [9.17, 15) is 9.59 Å². The third kappa shape index (κ3) is 8.18. The predicted octanol–water partition coefficient (Wildman–Crippen LogP) is 9.31. The molecule has 51 heavy (non-hydrogen) atoms. The molecule has 0 saturated heterocycles. The fourth-order valence-corrected chi connectivity index (χ4v) is 8.46. The van der Waals surface area contributed by atoms with Crippen molar-refractivity contribution in [3.8, 4) is 17.1 Å². The number of rotatable bonds is 12. The summed E-state index contributed by atoms with van der Waals surface area (Å²) in [5.41, 5.74) is 5.11. The van der Waals surface area contributed by atoms with Crippen LogP contribution in [0.1, 0.15) is 24.1 Å². The Morgan fingerprint density at radius 1 is 0.824 bits per heavy atom. The van der Waals surface area contributed by atoms with E-state index in [0.717, 1.165) is 36.9 Å². The van der Waals surface area contributed by atoms with Gasteiger partial charge in [0, 0.05) is 16.9 Å². The largest absolute Gasteiger partial charge is 0.344 e. The third-order valence-electron chi connectivity index (χ3n) is 7.95. The molecule has 8 nitrogen and oxygen atoms in total. The second-order valence-electron chi connectivity index (χ2n) is 11.5. The maximum Gasteiger partial charge on any atom is 0.237 e. The molecule has 0 saturated carbocycles. The Morgan fingerprint density at radius 2 is 1.47 bits per heavy atom. The zero-order valence-corrected chi connectivity index (χ0v) is 30.5. The van der Waals surface area contributed by atoms with Crippen LogP contribution in [0.3, 0.4) is 0 Å². The summed E-state index contributed by atoms with van der Waals surface area (Å²) in [6.07, 6.45) is 0. The third-order valence-corrected chi connectivity index (χ3v) is 11.5. The van der Waals surface area contributed by atoms with Crippen molar-refractivity contribution in [2.24, 2.45) is 0 Å². The predicted molar refractivity (Wildman–Crippen MR) is 209 cm³/mol. The lowest BCUT2D eigenvalue weighted by Crippen LogP contribution is -2.30. The molecular formula is C39H31ClN6O2S3. The number of hydrogen-bond acceptors (Lipinski definition) is 8. The number of aromatic nitrogens is 4. The smallest absolute Gasteiger partial charge is 0.237 e. The second-order valence-corrected chi connectivity index (χ2v) is 15.4. The van der Waals surface area contributed by atoms with Gasteiger partial charge in [-0.05, 0) is 60.5 Å². The van der Waals surface area contributed by atoms with Gasteiger partial charge in [0.05, 0.1) is 32.3 Å². The van der Waals surface area contributed by atoms with Gasteiger partial charge >= 0.3 is 0 Å². The zero-order valence-electron chi connectivity index (χ0n) is 27.3. The SMILES string of the molecule is C[C@@H](Sc1nnc(-c2ccccc2Cl)n1-c1ccccc1)C(=O)Nc1ccc2nc(SCC(=O)NC(c3ccccc3)c3ccccc3)sc2c1. The normalized spacial score (nSPS) is 11.8. The summed E-state index contributed by atoms with van der Waals surface area (Å²) in [4.78, 5) is 31.3. The zero-order chi connectivity index (χ0) is 35.2. The van der Waals surface area contributed by atoms with Crippen LogP contribution in [0, 0.1) is 0 Å². The van der Waals surface area contributed by atoms with Crippen molar-refractivity contribution in [1.82, 2.24) is 25.1 Å². The Kier molecular flexibility index (Phi) is 10.8. The monoisotopic (exact) mass is 746 g/mol. The minimum atomic E-state index is -0.492. The standard InChI is InChI=1S/C39H31ClN6O2S3/c1-25(50-38-45-44-36(30-19-11-12-20-31(30)40)46(38)29-17-9-4-10-18-29)37(48)41-28-21-22-32-33(23-28)51-39(42-32)49-24-34(47)43-35(26-13-5-2-6-14-26)27-15-7-3-8-16-27/h2-23,25,35H,24H2,1H3,(H,41,48)(H,43,47)/t25-/m1/s1. The van der Waals surface area contributed by atoms with E-state index >= 15 is 0 Å². The molecular weight excluding hydrogens is 716 g/mol. The molecule has 0 unspecified atom stereocenters. The first-order valence-corrected chi connectivity index (χ1v) is 19.1. The van der Waals surface area contributed by atoms with Crippen LogP contribution in [0.2, 0.25) is 5.02 Å². The highest BCUT2D eigenvalue weighted by Crippen LogP contribution is 2.35. The van der Waals surface area contributed by atoms with Crippen LogP contribution < -0.4 is 10.6 Å². The van der Waals surface area contributed by atoms with Crippen molar-refractivity contribution in [1.29, 1.82) is 0 Å². The molecule has 0 aliphatic rings. The van der Waals surface area contributed by atoms with Gasteiger partial charge in [-0.3, -0.25) is 14.2 Å². The first kappa shape index (κ1) is 34.5. The molecule has 2 heterocycles. The van der Waals surface area contributed by atoms with Crippen LogP contribution in [0.5, 0.6) is 0 Å². The van der Waals surface area contributed by atoms with Crippen molar-refractivity contribution in [2.45, 2.75) is 27.7 Å². The van der Waals surface area contributed by atoms with E-state index in [0.29, 0.717) is 21.7 Å². The van der Waals surface area contributed by atoms with Crippen LogP contribution in [0.15, 0.2) is 143 Å². The van der Waals surface area contributed by atoms with E-state index in [1.165, 1.54) is 34.9 Å². The topological polar surface area (TPSA) is 102 Å². The molecule has 12 heteroatoms. The number of amides is 2. The summed E-state index contributed by atoms with van der Waals surface area (Å²) >= 11 is 10.7. The molecule has 0 spiro atoms. The number of halogens is 1. The van der Waals surface area contributed by atoms with Crippen LogP contribution >= 0.6 is 46.5 Å². The van der Waals surface area contributed by atoms with Gasteiger partial charge in [0.1, 0.15) is 0 Å². The Labute approximate surface area is 312 Å². The van der Waals surface area contributed by atoms with Gasteiger partial charge < -0.3 is 10.6 Å². The van der Waals surface area contributed by atoms with E-state index in [4.69, 9.17) is 16.6 Å². The van der Waals surface area contributed by atoms with Gasteiger partial charge in [-0.1, -0.05) is 126 Å². The van der Waals surface area contributed by atoms with Crippen LogP contribution in [-0.2, 0) is 9.59 Å². The molecule has 2 amide bonds. The molecule has 1 atom stereocenters. The van der Waals surface area contributed by atoms with Crippen molar-refractivity contribution >= 4 is 74.2 Å². The van der Waals surface area contributed by atoms with E-state index in [1.807, 2.05) is 145 Å². The molecule has 0 aliphatic heterocycles. The maximum absolute atomic E-state index is 13.4. The highest BCUT2D eigenvalue weighted by molar-refractivity contribution is 8.01. The lowest BCUT2D eigenvalue weighted by Gasteiger charge is -2.19. The number of thioether (sulfide) groups is 2. The second kappa shape index (κ2) is 15.9. The van der Waals surface area contributed by atoms with Crippen molar-refractivity contribution in [2.75, 3.05) is 11.1 Å². The Bertz CT molecular complexity index is 2240. The fraction of sp³-hybridized carbons (Fsp3) is 0.103. The van der Waals surface area contributed by atoms with Crippen LogP contribution in [0.4, 0.5) is 5.69 Å². The number of anilines is 1. The van der Waals surface area contributed by atoms with Crippen molar-refractivity contribution in [3.63, 3.8) is 0 Å². The van der Waals surface area contributed by atoms with Gasteiger partial charge in [-0.25, -0.2) is 4.98 Å². The number of carbonyl (C=O) groups excluding carboxylic acids is 2. The molecule has 0 aliphatic carbocycles. The number of thiazole rings is 1. The quantitative estimate of drug-likeness (QED) is 0.120. The van der Waals surface area contributed by atoms with E-state index < -0.39 is 5.25 Å². The first-order chi connectivity index (χ1) is 24.9. The van der Waals surface area contributed by atoms with Gasteiger partial charge in [0.15, 0.2) is 15.3 Å². The highest BCUT2D eigenvalue weighted by Gasteiger charge is 2.23. The Morgan fingerprint density at radius 3 is 2.16 bits per heavy atom. The number of nitrogens with one attached hydrogen (secondary N) is 2. The van der Waals surface area contributed by atoms with Gasteiger partial charge in [0.2, 0.25) is 11.8 Å². The number of benzene rings is 5. The number of carbonyl (C=O) groups is 2. The summed E-state index contributed by atoms with van der Waals surface area (Å²) in [6.45, 7) is 1.84. The summed E-state index contributed by atoms with van der Waals surface area (Å²) < 4.78 is 3.61. The summed E-state index contributed by atoms with van der Waals surface area (Å²) in [5.74, 6) is 0.554. The number of hydrogen-bond donors (Lipinski definition) is 2. The van der Waals surface area contributed by atoms with Crippen molar-refractivity contribution in [3.05, 3.63) is 150 Å². The molecule has 0 fully saturated rings. The molecule has 0 bridgehead atoms. The molecule has 0 radical (unpaired) electrons. The highest BCUT2D eigenvalue weighted by atomic mass is 35.5. The van der Waals surface area contributed by atoms with Crippen molar-refractivity contribution < 1.29 is 9.59 Å². The average Bonchev–Trinajstić information content (AvgIpc) is 3.77. The number of nitrogens with zero attached hydrogens (tertiary/aromatic N) is 4. The summed E-state index contributed by atoms with van der Waals surface area (Å²) in [5, 5.41) is 15.8. The van der Waals surface area contributed by atoms with Gasteiger partial charge in [-0.2, -0.15) is 0 Å². The van der Waals surface area contributed by atoms with E-state index in [2.05, 4.69) is 20.8 Å². The molecule has 7 aromatic rings. The summed E-state index contributed by atoms with van der Waals surface area (Å²) in [6, 6.07) is 42.5. The van der Waals surface area contributed by atoms with E-state index in [-0.39, 0.29) is 23.6 Å². The minimum absolute atomic E-state index is 0.0847. The minimum Gasteiger partial charge on any atom is -0.344 e. The molecule has 254 valence electrons.